The van der Waals surface area contributed by atoms with Crippen LogP contribution in [0.3, 0.4) is 0 Å². The Morgan fingerprint density at radius 3 is 1.48 bits per heavy atom. The minimum absolute atomic E-state index is 0.122. The van der Waals surface area contributed by atoms with Crippen molar-refractivity contribution in [1.82, 2.24) is 19.9 Å². The summed E-state index contributed by atoms with van der Waals surface area (Å²) in [5, 5.41) is 0.553. The summed E-state index contributed by atoms with van der Waals surface area (Å²) in [4.78, 5) is 34.9. The highest BCUT2D eigenvalue weighted by atomic mass is 16.5. The van der Waals surface area contributed by atoms with Crippen molar-refractivity contribution in [2.75, 3.05) is 54.9 Å². The minimum Gasteiger partial charge on any atom is -0.384 e. The number of methoxy groups -OCH3 is 4. The highest BCUT2D eigenvalue weighted by Gasteiger charge is 2.17. The molecule has 10 nitrogen and oxygen atoms in total. The Labute approximate surface area is 358 Å². The van der Waals surface area contributed by atoms with Crippen LogP contribution in [0.25, 0.3) is 44.7 Å². The summed E-state index contributed by atoms with van der Waals surface area (Å²) in [7, 11) is 6.89. The van der Waals surface area contributed by atoms with Crippen LogP contribution in [0.4, 0.5) is 0 Å². The molecule has 5 heterocycles. The number of carbonyl (C=O) groups is 1. The molecule has 0 radical (unpaired) electrons. The molecule has 0 aromatic carbocycles. The largest absolute Gasteiger partial charge is 0.384 e. The van der Waals surface area contributed by atoms with Crippen LogP contribution in [-0.4, -0.2) is 80.7 Å². The molecule has 8 bridgehead atoms. The quantitative estimate of drug-likeness (QED) is 0.0490. The number of nitrogens with zero attached hydrogens (tertiary/aromatic N) is 2. The van der Waals surface area contributed by atoms with E-state index >= 15 is 0 Å². The molecule has 328 valence electrons. The van der Waals surface area contributed by atoms with Crippen LogP contribution in [0.5, 0.6) is 0 Å². The van der Waals surface area contributed by atoms with Gasteiger partial charge in [0.1, 0.15) is 0 Å². The third-order valence-corrected chi connectivity index (χ3v) is 11.7. The summed E-state index contributed by atoms with van der Waals surface area (Å²) in [6.45, 7) is 4.55. The molecule has 4 aromatic heterocycles. The van der Waals surface area contributed by atoms with E-state index in [1.807, 2.05) is 6.07 Å². The molecule has 1 amide bonds. The van der Waals surface area contributed by atoms with Gasteiger partial charge in [-0.15, -0.1) is 0 Å². The number of ether oxygens (including phenoxy) is 4. The number of fused-ring (bicyclic) bond motifs is 10. The van der Waals surface area contributed by atoms with Gasteiger partial charge in [-0.25, -0.2) is 9.98 Å². The standard InChI is InChI=1S/C50H73N5O5/c1-6-7-8-9-10-11-12-13-14-15-16-17-18-19-20-21-49(56)54-48-36-43-39(26-30-59-4)34-45(53-43)44-32-37(24-28-57-2)41(51-44)22-23-42-38(25-29-58-3)33-46(52-42)47-35-40(27-31-60-5)50(48)55-47/h22-23,32-36,51-53H,6-21,24-31H2,1-5H3. The zero-order valence-corrected chi connectivity index (χ0v) is 37.4. The van der Waals surface area contributed by atoms with Crippen LogP contribution in [0.1, 0.15) is 144 Å². The average Bonchev–Trinajstić information content (AvgIpc) is 4.06. The number of hydrogen-bond acceptors (Lipinski definition) is 6. The Morgan fingerprint density at radius 2 is 0.967 bits per heavy atom. The van der Waals surface area contributed by atoms with E-state index in [1.54, 1.807) is 28.4 Å². The molecule has 0 fully saturated rings. The summed E-state index contributed by atoms with van der Waals surface area (Å²) in [6, 6.07) is 12.8. The van der Waals surface area contributed by atoms with Gasteiger partial charge < -0.3 is 33.9 Å². The molecule has 10 heteroatoms. The maximum absolute atomic E-state index is 13.8. The second kappa shape index (κ2) is 26.3. The Bertz CT molecular complexity index is 2140. The molecule has 0 aliphatic carbocycles. The van der Waals surface area contributed by atoms with Crippen molar-refractivity contribution in [3.63, 3.8) is 0 Å². The lowest BCUT2D eigenvalue weighted by Crippen LogP contribution is -2.12. The van der Waals surface area contributed by atoms with Crippen LogP contribution >= 0.6 is 0 Å². The molecular weight excluding hydrogens is 751 g/mol. The summed E-state index contributed by atoms with van der Waals surface area (Å²) in [5.74, 6) is -0.122. The topological polar surface area (TPSA) is 127 Å². The molecule has 5 rings (SSSR count). The maximum atomic E-state index is 13.8. The summed E-state index contributed by atoms with van der Waals surface area (Å²) in [6.07, 6.45) is 24.6. The Hall–Kier alpha value is -4.09. The fourth-order valence-electron chi connectivity index (χ4n) is 8.17. The van der Waals surface area contributed by atoms with E-state index < -0.39 is 0 Å². The van der Waals surface area contributed by atoms with Crippen molar-refractivity contribution < 1.29 is 23.7 Å². The second-order valence-electron chi connectivity index (χ2n) is 16.4. The lowest BCUT2D eigenvalue weighted by molar-refractivity contribution is -0.118. The number of amides is 1. The monoisotopic (exact) mass is 824 g/mol. The molecule has 0 saturated carbocycles. The van der Waals surface area contributed by atoms with Crippen LogP contribution < -0.4 is 5.36 Å². The van der Waals surface area contributed by atoms with Gasteiger partial charge in [0.25, 0.3) is 0 Å². The predicted molar refractivity (Wildman–Crippen MR) is 247 cm³/mol. The number of unbranched alkanes of at least 4 members (excludes halogenated alkanes) is 14. The fourth-order valence-corrected chi connectivity index (χ4v) is 8.17. The van der Waals surface area contributed by atoms with E-state index in [0.29, 0.717) is 56.7 Å². The molecule has 0 spiro atoms. The molecule has 3 N–H and O–H groups in total. The predicted octanol–water partition coefficient (Wildman–Crippen LogP) is 11.4. The van der Waals surface area contributed by atoms with Crippen molar-refractivity contribution in [3.05, 3.63) is 69.8 Å². The lowest BCUT2D eigenvalue weighted by Gasteiger charge is -2.03. The minimum atomic E-state index is -0.122. The van der Waals surface area contributed by atoms with Crippen molar-refractivity contribution >= 4 is 50.7 Å². The van der Waals surface area contributed by atoms with Gasteiger partial charge in [0.15, 0.2) is 0 Å². The number of aromatic nitrogens is 4. The fraction of sp³-hybridized carbons (Fsp3) is 0.580. The number of nitrogens with one attached hydrogen (secondary N) is 3. The molecule has 1 aliphatic heterocycles. The number of rotatable bonds is 28. The molecule has 4 aromatic rings. The Balaban J connectivity index is 1.47. The van der Waals surface area contributed by atoms with E-state index in [-0.39, 0.29) is 5.91 Å². The number of carbonyl (C=O) groups excluding carboxylic acids is 1. The van der Waals surface area contributed by atoms with Crippen LogP contribution in [-0.2, 0) is 43.0 Å². The smallest absolute Gasteiger partial charge is 0.246 e. The molecule has 1 aliphatic rings. The van der Waals surface area contributed by atoms with E-state index in [9.17, 15) is 4.79 Å². The highest BCUT2D eigenvalue weighted by Crippen LogP contribution is 2.27. The van der Waals surface area contributed by atoms with E-state index in [1.165, 1.54) is 77.0 Å². The third-order valence-electron chi connectivity index (χ3n) is 11.7. The van der Waals surface area contributed by atoms with Crippen molar-refractivity contribution in [3.8, 4) is 0 Å². The lowest BCUT2D eigenvalue weighted by atomic mass is 10.0. The Morgan fingerprint density at radius 1 is 0.533 bits per heavy atom. The van der Waals surface area contributed by atoms with Gasteiger partial charge in [0.05, 0.1) is 59.7 Å². The molecule has 0 unspecified atom stereocenters. The molecule has 0 saturated heterocycles. The maximum Gasteiger partial charge on any atom is 0.246 e. The summed E-state index contributed by atoms with van der Waals surface area (Å²) >= 11 is 0. The SMILES string of the molecule is CCCCCCCCCCCCCCCCCC(=O)N=c1cc2[nH]c(cc2CCOC)c2cc(CCOC)c(ccc3[nH]c(cc3CCOC)c3nc1C(CCOC)=C3)[nH]2. The van der Waals surface area contributed by atoms with Crippen molar-refractivity contribution in [2.45, 2.75) is 135 Å². The van der Waals surface area contributed by atoms with E-state index in [0.717, 1.165) is 93.2 Å². The highest BCUT2D eigenvalue weighted by molar-refractivity contribution is 5.89. The first kappa shape index (κ1) is 47.0. The van der Waals surface area contributed by atoms with Gasteiger partial charge >= 0.3 is 0 Å². The first-order valence-electron chi connectivity index (χ1n) is 22.9. The van der Waals surface area contributed by atoms with Gasteiger partial charge in [0, 0.05) is 51.4 Å². The number of H-pyrrole nitrogens is 3. The van der Waals surface area contributed by atoms with Gasteiger partial charge in [-0.1, -0.05) is 96.8 Å². The third kappa shape index (κ3) is 14.5. The summed E-state index contributed by atoms with van der Waals surface area (Å²) < 4.78 is 22.1. The van der Waals surface area contributed by atoms with Gasteiger partial charge in [-0.3, -0.25) is 4.79 Å². The number of aromatic amines is 3. The molecule has 60 heavy (non-hydrogen) atoms. The van der Waals surface area contributed by atoms with Gasteiger partial charge in [0.2, 0.25) is 5.91 Å². The van der Waals surface area contributed by atoms with Crippen LogP contribution in [0.2, 0.25) is 0 Å². The van der Waals surface area contributed by atoms with Crippen LogP contribution in [0, 0.1) is 0 Å². The van der Waals surface area contributed by atoms with E-state index in [2.05, 4.69) is 58.3 Å². The first-order chi connectivity index (χ1) is 29.5. The Kier molecular flexibility index (Phi) is 20.6. The number of hydrogen-bond donors (Lipinski definition) is 3. The molecule has 0 atom stereocenters. The first-order valence-corrected chi connectivity index (χ1v) is 22.9. The summed E-state index contributed by atoms with van der Waals surface area (Å²) in [5.41, 5.74) is 11.6. The van der Waals surface area contributed by atoms with E-state index in [4.69, 9.17) is 28.9 Å². The zero-order chi connectivity index (χ0) is 42.4. The molecular formula is C50H73N5O5. The zero-order valence-electron chi connectivity index (χ0n) is 37.4. The van der Waals surface area contributed by atoms with Crippen molar-refractivity contribution in [2.24, 2.45) is 4.99 Å². The van der Waals surface area contributed by atoms with Gasteiger partial charge in [-0.2, -0.15) is 0 Å². The van der Waals surface area contributed by atoms with Gasteiger partial charge in [-0.05, 0) is 96.8 Å². The normalized spacial score (nSPS) is 12.6. The van der Waals surface area contributed by atoms with Crippen molar-refractivity contribution in [1.29, 1.82) is 0 Å². The average molecular weight is 824 g/mol. The second-order valence-corrected chi connectivity index (χ2v) is 16.4. The van der Waals surface area contributed by atoms with Crippen LogP contribution in [0.15, 0.2) is 41.4 Å².